The lowest BCUT2D eigenvalue weighted by Gasteiger charge is -2.05. The maximum absolute atomic E-state index is 12.1. The van der Waals surface area contributed by atoms with Gasteiger partial charge in [0.15, 0.2) is 5.71 Å². The van der Waals surface area contributed by atoms with Crippen molar-refractivity contribution < 1.29 is 22.9 Å². The molecule has 3 rings (SSSR count). The summed E-state index contributed by atoms with van der Waals surface area (Å²) in [6, 6.07) is 8.42. The fourth-order valence-corrected chi connectivity index (χ4v) is 4.29. The Bertz CT molecular complexity index is 1210. The highest BCUT2D eigenvalue weighted by atomic mass is 127. The summed E-state index contributed by atoms with van der Waals surface area (Å²) in [7, 11) is -4.11. The molecule has 0 aromatic heterocycles. The summed E-state index contributed by atoms with van der Waals surface area (Å²) in [4.78, 5) is 34.3. The van der Waals surface area contributed by atoms with Crippen molar-refractivity contribution in [3.8, 4) is 0 Å². The minimum Gasteiger partial charge on any atom is -0.320 e. The van der Waals surface area contributed by atoms with Gasteiger partial charge >= 0.3 is 0 Å². The summed E-state index contributed by atoms with van der Waals surface area (Å²) >= 11 is 2.90. The number of primary sulfonamides is 1. The van der Waals surface area contributed by atoms with Gasteiger partial charge in [-0.25, -0.2) is 19.0 Å². The molecule has 2 amide bonds. The van der Waals surface area contributed by atoms with Crippen LogP contribution in [-0.2, 0) is 19.6 Å². The Kier molecular flexibility index (Phi) is 6.39. The molecule has 1 heterocycles. The Morgan fingerprint density at radius 1 is 1.30 bits per heavy atom. The van der Waals surface area contributed by atoms with Crippen molar-refractivity contribution in [2.45, 2.75) is 9.79 Å². The van der Waals surface area contributed by atoms with Crippen LogP contribution in [0, 0.1) is 13.7 Å². The molecule has 14 heteroatoms. The van der Waals surface area contributed by atoms with E-state index in [-0.39, 0.29) is 16.4 Å². The number of halogens is 1. The number of thioether (sulfide) groups is 1. The van der Waals surface area contributed by atoms with Gasteiger partial charge < -0.3 is 5.32 Å². The van der Waals surface area contributed by atoms with Gasteiger partial charge in [-0.3, -0.25) is 19.7 Å². The second-order valence-electron chi connectivity index (χ2n) is 5.86. The van der Waals surface area contributed by atoms with Crippen molar-refractivity contribution in [1.82, 2.24) is 5.43 Å². The number of amides is 2. The highest BCUT2D eigenvalue weighted by Crippen LogP contribution is 2.31. The van der Waals surface area contributed by atoms with Crippen LogP contribution >= 0.6 is 34.4 Å². The number of nitrogens with two attached hydrogens (primary N) is 1. The van der Waals surface area contributed by atoms with Crippen molar-refractivity contribution in [3.05, 3.63) is 55.6 Å². The number of carbonyl (C=O) groups excluding carboxylic acids is 2. The number of rotatable bonds is 6. The Hall–Kier alpha value is -2.56. The van der Waals surface area contributed by atoms with Crippen molar-refractivity contribution in [2.24, 2.45) is 10.2 Å². The third-order valence-electron chi connectivity index (χ3n) is 3.81. The van der Waals surface area contributed by atoms with Crippen LogP contribution in [0.3, 0.4) is 0 Å². The highest BCUT2D eigenvalue weighted by Gasteiger charge is 2.26. The zero-order valence-corrected chi connectivity index (χ0v) is 18.6. The predicted octanol–water partition coefficient (Wildman–Crippen LogP) is 1.41. The number of anilines is 1. The number of carbonyl (C=O) groups is 2. The molecule has 156 valence electrons. The Labute approximate surface area is 187 Å². The molecule has 0 atom stereocenters. The zero-order valence-electron chi connectivity index (χ0n) is 14.8. The third kappa shape index (κ3) is 4.94. The number of nitro groups is 1. The van der Waals surface area contributed by atoms with Gasteiger partial charge in [0.25, 0.3) is 11.6 Å². The first kappa shape index (κ1) is 22.1. The first-order valence-corrected chi connectivity index (χ1v) is 11.6. The molecule has 11 nitrogen and oxygen atoms in total. The quantitative estimate of drug-likeness (QED) is 0.207. The van der Waals surface area contributed by atoms with Crippen LogP contribution < -0.4 is 15.9 Å². The minimum absolute atomic E-state index is 0.0466. The smallest absolute Gasteiger partial charge is 0.284 e. The molecule has 2 aromatic rings. The van der Waals surface area contributed by atoms with E-state index in [1.54, 1.807) is 12.1 Å². The van der Waals surface area contributed by atoms with E-state index in [4.69, 9.17) is 5.14 Å². The summed E-state index contributed by atoms with van der Waals surface area (Å²) in [6.07, 6.45) is 0. The number of hydrogen-bond acceptors (Lipinski definition) is 8. The van der Waals surface area contributed by atoms with E-state index >= 15 is 0 Å². The number of hydrogen-bond donors (Lipinski definition) is 3. The van der Waals surface area contributed by atoms with Crippen molar-refractivity contribution in [1.29, 1.82) is 0 Å². The van der Waals surface area contributed by atoms with Crippen LogP contribution in [0.4, 0.5) is 11.4 Å². The summed E-state index contributed by atoms with van der Waals surface area (Å²) in [5.74, 6) is -1.33. The average molecular weight is 561 g/mol. The largest absolute Gasteiger partial charge is 0.320 e. The molecule has 0 saturated heterocycles. The van der Waals surface area contributed by atoms with Crippen molar-refractivity contribution in [3.63, 3.8) is 0 Å². The first-order valence-electron chi connectivity index (χ1n) is 7.98. The summed E-state index contributed by atoms with van der Waals surface area (Å²) in [6.45, 7) is 0. The van der Waals surface area contributed by atoms with Crippen LogP contribution in [0.2, 0.25) is 0 Å². The number of benzene rings is 2. The van der Waals surface area contributed by atoms with Crippen LogP contribution in [0.1, 0.15) is 5.56 Å². The number of nitrogens with one attached hydrogen (secondary N) is 2. The van der Waals surface area contributed by atoms with E-state index in [0.29, 0.717) is 11.3 Å². The maximum Gasteiger partial charge on any atom is 0.284 e. The van der Waals surface area contributed by atoms with Gasteiger partial charge in [0.1, 0.15) is 0 Å². The molecule has 0 fully saturated rings. The lowest BCUT2D eigenvalue weighted by molar-refractivity contribution is -0.388. The molecule has 1 aliphatic heterocycles. The van der Waals surface area contributed by atoms with E-state index in [1.807, 2.05) is 6.07 Å². The van der Waals surface area contributed by atoms with Crippen LogP contribution in [0.5, 0.6) is 0 Å². The van der Waals surface area contributed by atoms with E-state index in [1.165, 1.54) is 6.07 Å². The molecule has 0 radical (unpaired) electrons. The molecule has 0 aliphatic carbocycles. The van der Waals surface area contributed by atoms with Crippen molar-refractivity contribution in [2.75, 3.05) is 11.1 Å². The Morgan fingerprint density at radius 2 is 2.03 bits per heavy atom. The molecule has 0 unspecified atom stereocenters. The van der Waals surface area contributed by atoms with Crippen LogP contribution in [-0.4, -0.2) is 36.6 Å². The molecule has 4 N–H and O–H groups in total. The Balaban J connectivity index is 1.71. The number of fused-ring (bicyclic) bond motifs is 1. The number of nitro benzene ring substituents is 1. The monoisotopic (exact) mass is 561 g/mol. The molecular formula is C16H12IN5O6S2. The lowest BCUT2D eigenvalue weighted by Crippen LogP contribution is -2.24. The molecule has 2 aromatic carbocycles. The van der Waals surface area contributed by atoms with Crippen LogP contribution in [0.15, 0.2) is 51.3 Å². The number of hydrazone groups is 1. The molecular weight excluding hydrogens is 549 g/mol. The van der Waals surface area contributed by atoms with Crippen molar-refractivity contribution >= 4 is 73.3 Å². The number of nitrogens with zero attached hydrogens (tertiary/aromatic N) is 2. The van der Waals surface area contributed by atoms with Gasteiger partial charge in [0.05, 0.1) is 26.2 Å². The van der Waals surface area contributed by atoms with E-state index < -0.39 is 37.3 Å². The Morgan fingerprint density at radius 3 is 2.70 bits per heavy atom. The summed E-state index contributed by atoms with van der Waals surface area (Å²) in [5.41, 5.74) is 2.93. The first-order chi connectivity index (χ1) is 14.1. The second kappa shape index (κ2) is 8.66. The van der Waals surface area contributed by atoms with E-state index in [9.17, 15) is 28.1 Å². The van der Waals surface area contributed by atoms with Crippen LogP contribution in [0.25, 0.3) is 0 Å². The second-order valence-corrected chi connectivity index (χ2v) is 9.68. The molecule has 0 spiro atoms. The minimum atomic E-state index is -4.11. The number of sulfonamides is 1. The normalized spacial score (nSPS) is 14.3. The zero-order chi connectivity index (χ0) is 22.1. The van der Waals surface area contributed by atoms with Gasteiger partial charge in [0.2, 0.25) is 15.9 Å². The SMILES string of the molecule is NS(=O)(=O)c1ccc(SCC(=O)N/N=C2\C(=O)Nc3ccc(I)cc32)c([N+](=O)[O-])c1. The fourth-order valence-electron chi connectivity index (χ4n) is 2.47. The third-order valence-corrected chi connectivity index (χ3v) is 6.45. The molecule has 30 heavy (non-hydrogen) atoms. The maximum atomic E-state index is 12.1. The van der Waals surface area contributed by atoms with Gasteiger partial charge in [-0.05, 0) is 52.9 Å². The topological polar surface area (TPSA) is 174 Å². The molecule has 1 aliphatic rings. The summed E-state index contributed by atoms with van der Waals surface area (Å²) in [5, 5.41) is 22.7. The molecule has 0 bridgehead atoms. The fraction of sp³-hybridized carbons (Fsp3) is 0.0625. The van der Waals surface area contributed by atoms with Gasteiger partial charge in [0, 0.05) is 15.2 Å². The lowest BCUT2D eigenvalue weighted by atomic mass is 10.1. The average Bonchev–Trinajstić information content (AvgIpc) is 2.98. The summed E-state index contributed by atoms with van der Waals surface area (Å²) < 4.78 is 23.6. The standard InChI is InChI=1S/C16H12IN5O6S2/c17-8-1-3-11-10(5-8)15(16(24)19-11)21-20-14(23)7-29-13-4-2-9(30(18,27)28)6-12(13)22(25)26/h1-6H,7H2,(H,20,23)(H2,18,27,28)(H,19,21,24). The predicted molar refractivity (Wildman–Crippen MR) is 118 cm³/mol. The highest BCUT2D eigenvalue weighted by molar-refractivity contribution is 14.1. The van der Waals surface area contributed by atoms with E-state index in [2.05, 4.69) is 38.4 Å². The van der Waals surface area contributed by atoms with E-state index in [0.717, 1.165) is 27.5 Å². The molecule has 0 saturated carbocycles. The van der Waals surface area contributed by atoms with Gasteiger partial charge in [-0.2, -0.15) is 5.10 Å². The van der Waals surface area contributed by atoms with Gasteiger partial charge in [-0.1, -0.05) is 0 Å². The van der Waals surface area contributed by atoms with Gasteiger partial charge in [-0.15, -0.1) is 11.8 Å².